The third kappa shape index (κ3) is 10.1. The molecule has 4 amide bonds. The van der Waals surface area contributed by atoms with Crippen LogP contribution in [0.25, 0.3) is 22.2 Å². The number of hydrogen-bond donors (Lipinski definition) is 5. The zero-order chi connectivity index (χ0) is 39.6. The Kier molecular flexibility index (Phi) is 14.1. The van der Waals surface area contributed by atoms with Crippen molar-refractivity contribution in [1.82, 2.24) is 26.3 Å². The molecule has 1 heterocycles. The monoisotopic (exact) mass is 757 g/mol. The van der Waals surface area contributed by atoms with Gasteiger partial charge < -0.3 is 35.8 Å². The Labute approximate surface area is 322 Å². The van der Waals surface area contributed by atoms with Gasteiger partial charge in [-0.15, -0.1) is 0 Å². The van der Waals surface area contributed by atoms with Crippen molar-refractivity contribution in [3.8, 4) is 22.8 Å². The van der Waals surface area contributed by atoms with E-state index in [1.165, 1.54) is 0 Å². The molecule has 6 atom stereocenters. The lowest BCUT2D eigenvalue weighted by Gasteiger charge is -2.32. The van der Waals surface area contributed by atoms with Gasteiger partial charge in [-0.1, -0.05) is 76.8 Å². The van der Waals surface area contributed by atoms with Gasteiger partial charge in [-0.3, -0.25) is 19.2 Å². The SMILES string of the molecule is CCC[C@H](NC(=O)[C@@H]1C[C@@H](Oc2cc(-c3ccccc3)nc3cc(OC)ccc23)C[C@H]1C(=O)N[C@H](C(=O)N[C@H](C(=O)NC)C1CCCCC1)C(C)C)C(=O)O. The molecule has 2 fully saturated rings. The Morgan fingerprint density at radius 2 is 1.55 bits per heavy atom. The molecule has 0 spiro atoms. The molecular weight excluding hydrogens is 702 g/mol. The molecule has 0 unspecified atom stereocenters. The minimum atomic E-state index is -1.16. The Morgan fingerprint density at radius 3 is 2.15 bits per heavy atom. The van der Waals surface area contributed by atoms with Gasteiger partial charge in [-0.25, -0.2) is 9.78 Å². The molecule has 2 aliphatic rings. The van der Waals surface area contributed by atoms with Crippen LogP contribution in [0.5, 0.6) is 11.5 Å². The number of nitrogens with zero attached hydrogens (tertiary/aromatic N) is 1. The van der Waals surface area contributed by atoms with Crippen molar-refractivity contribution in [3.63, 3.8) is 0 Å². The lowest BCUT2D eigenvalue weighted by Crippen LogP contribution is -2.58. The van der Waals surface area contributed by atoms with E-state index >= 15 is 0 Å². The maximum Gasteiger partial charge on any atom is 0.326 e. The maximum absolute atomic E-state index is 14.3. The molecule has 0 bridgehead atoms. The number of benzene rings is 2. The van der Waals surface area contributed by atoms with Crippen LogP contribution in [0.3, 0.4) is 0 Å². The van der Waals surface area contributed by atoms with Crippen molar-refractivity contribution in [2.24, 2.45) is 23.7 Å². The van der Waals surface area contributed by atoms with Crippen molar-refractivity contribution < 1.29 is 38.6 Å². The fourth-order valence-electron chi connectivity index (χ4n) is 7.89. The average Bonchev–Trinajstić information content (AvgIpc) is 3.62. The summed E-state index contributed by atoms with van der Waals surface area (Å²) in [6.07, 6.45) is 5.07. The number of carboxylic acids is 1. The van der Waals surface area contributed by atoms with Gasteiger partial charge in [-0.05, 0) is 56.1 Å². The molecule has 3 aromatic rings. The van der Waals surface area contributed by atoms with E-state index in [4.69, 9.17) is 14.5 Å². The number of hydrogen-bond acceptors (Lipinski definition) is 8. The first-order valence-electron chi connectivity index (χ1n) is 19.5. The Bertz CT molecular complexity index is 1830. The summed E-state index contributed by atoms with van der Waals surface area (Å²) < 4.78 is 12.1. The van der Waals surface area contributed by atoms with Crippen molar-refractivity contribution in [3.05, 3.63) is 54.6 Å². The Morgan fingerprint density at radius 1 is 0.873 bits per heavy atom. The molecule has 1 aromatic heterocycles. The molecule has 55 heavy (non-hydrogen) atoms. The molecule has 5 rings (SSSR count). The van der Waals surface area contributed by atoms with E-state index in [1.807, 2.05) is 55.5 Å². The molecule has 2 saturated carbocycles. The largest absolute Gasteiger partial charge is 0.497 e. The van der Waals surface area contributed by atoms with Gasteiger partial charge in [0.2, 0.25) is 23.6 Å². The molecule has 0 saturated heterocycles. The number of fused-ring (bicyclic) bond motifs is 1. The van der Waals surface area contributed by atoms with Crippen LogP contribution in [-0.2, 0) is 24.0 Å². The summed E-state index contributed by atoms with van der Waals surface area (Å²) in [7, 11) is 3.12. The first-order valence-corrected chi connectivity index (χ1v) is 19.5. The molecule has 0 aliphatic heterocycles. The first-order chi connectivity index (χ1) is 26.4. The fraction of sp³-hybridized carbons (Fsp3) is 0.524. The van der Waals surface area contributed by atoms with E-state index in [-0.39, 0.29) is 37.0 Å². The predicted molar refractivity (Wildman–Crippen MR) is 208 cm³/mol. The number of carbonyl (C=O) groups excluding carboxylic acids is 4. The highest BCUT2D eigenvalue weighted by Gasteiger charge is 2.46. The number of nitrogens with one attached hydrogen (secondary N) is 4. The number of carbonyl (C=O) groups is 5. The van der Waals surface area contributed by atoms with E-state index in [9.17, 15) is 29.1 Å². The number of rotatable bonds is 16. The highest BCUT2D eigenvalue weighted by atomic mass is 16.5. The van der Waals surface area contributed by atoms with E-state index in [2.05, 4.69) is 21.3 Å². The minimum Gasteiger partial charge on any atom is -0.497 e. The van der Waals surface area contributed by atoms with E-state index in [1.54, 1.807) is 34.1 Å². The highest BCUT2D eigenvalue weighted by Crippen LogP contribution is 2.39. The van der Waals surface area contributed by atoms with Crippen LogP contribution in [0.4, 0.5) is 0 Å². The summed E-state index contributed by atoms with van der Waals surface area (Å²) in [5.41, 5.74) is 2.17. The number of aromatic nitrogens is 1. The van der Waals surface area contributed by atoms with Crippen molar-refractivity contribution in [2.75, 3.05) is 14.2 Å². The van der Waals surface area contributed by atoms with Gasteiger partial charge in [0, 0.05) is 30.1 Å². The number of carboxylic acid groups (broad SMARTS) is 1. The molecule has 13 nitrogen and oxygen atoms in total. The maximum atomic E-state index is 14.3. The third-order valence-corrected chi connectivity index (χ3v) is 10.9. The zero-order valence-electron chi connectivity index (χ0n) is 32.4. The number of ether oxygens (including phenoxy) is 2. The van der Waals surface area contributed by atoms with Crippen LogP contribution in [0.15, 0.2) is 54.6 Å². The second-order valence-electron chi connectivity index (χ2n) is 15.1. The van der Waals surface area contributed by atoms with Crippen molar-refractivity contribution >= 4 is 40.5 Å². The van der Waals surface area contributed by atoms with Gasteiger partial charge in [0.05, 0.1) is 30.2 Å². The summed E-state index contributed by atoms with van der Waals surface area (Å²) >= 11 is 0. The average molecular weight is 758 g/mol. The van der Waals surface area contributed by atoms with Crippen LogP contribution < -0.4 is 30.7 Å². The second kappa shape index (κ2) is 18.9. The summed E-state index contributed by atoms with van der Waals surface area (Å²) in [5, 5.41) is 21.7. The lowest BCUT2D eigenvalue weighted by atomic mass is 9.83. The van der Waals surface area contributed by atoms with Gasteiger partial charge in [0.15, 0.2) is 0 Å². The third-order valence-electron chi connectivity index (χ3n) is 10.9. The zero-order valence-corrected chi connectivity index (χ0v) is 32.4. The van der Waals surface area contributed by atoms with Crippen LogP contribution >= 0.6 is 0 Å². The van der Waals surface area contributed by atoms with Crippen LogP contribution in [0.1, 0.15) is 78.6 Å². The van der Waals surface area contributed by atoms with E-state index < -0.39 is 59.8 Å². The number of methoxy groups -OCH3 is 1. The van der Waals surface area contributed by atoms with Crippen LogP contribution in [0.2, 0.25) is 0 Å². The second-order valence-corrected chi connectivity index (χ2v) is 15.1. The van der Waals surface area contributed by atoms with E-state index in [0.29, 0.717) is 34.5 Å². The molecular formula is C42H55N5O8. The van der Waals surface area contributed by atoms with Gasteiger partial charge in [0.25, 0.3) is 0 Å². The predicted octanol–water partition coefficient (Wildman–Crippen LogP) is 5.01. The van der Waals surface area contributed by atoms with Gasteiger partial charge in [0.1, 0.15) is 35.7 Å². The fourth-order valence-corrected chi connectivity index (χ4v) is 7.89. The van der Waals surface area contributed by atoms with Crippen molar-refractivity contribution in [2.45, 2.75) is 103 Å². The summed E-state index contributed by atoms with van der Waals surface area (Å²) in [4.78, 5) is 71.9. The van der Waals surface area contributed by atoms with Crippen molar-refractivity contribution in [1.29, 1.82) is 0 Å². The molecule has 296 valence electrons. The molecule has 2 aromatic carbocycles. The normalized spacial score (nSPS) is 20.2. The number of aliphatic carboxylic acids is 1. The number of likely N-dealkylation sites (N-methyl/N-ethyl adjacent to an activating group) is 1. The summed E-state index contributed by atoms with van der Waals surface area (Å²) in [6, 6.07) is 14.1. The number of amides is 4. The van der Waals surface area contributed by atoms with Crippen LogP contribution in [0, 0.1) is 23.7 Å². The minimum absolute atomic E-state index is 0.0138. The first kappa shape index (κ1) is 41.0. The quantitative estimate of drug-likeness (QED) is 0.134. The standard InChI is InChI=1S/C42H55N5O8/c1-6-13-32(42(52)53)45-38(48)30-20-28(55-35-23-33(25-14-9-7-10-15-25)44-34-22-27(54-5)18-19-29(34)35)21-31(30)39(49)46-36(24(2)3)41(51)47-37(40(50)43-4)26-16-11-8-12-17-26/h7,9-10,14-15,18-19,22-24,26,28,30-32,36-37H,6,8,11-13,16-17,20-21H2,1-5H3,(H,43,50)(H,45,48)(H,46,49)(H,47,51)(H,52,53)/t28-,30-,31-,32+,36+,37+/m1/s1. The smallest absolute Gasteiger partial charge is 0.326 e. The van der Waals surface area contributed by atoms with Gasteiger partial charge in [-0.2, -0.15) is 0 Å². The highest BCUT2D eigenvalue weighted by molar-refractivity contribution is 5.95. The molecule has 13 heteroatoms. The molecule has 5 N–H and O–H groups in total. The lowest BCUT2D eigenvalue weighted by molar-refractivity contribution is -0.143. The molecule has 2 aliphatic carbocycles. The Hall–Kier alpha value is -5.20. The van der Waals surface area contributed by atoms with Gasteiger partial charge >= 0.3 is 5.97 Å². The van der Waals surface area contributed by atoms with E-state index in [0.717, 1.165) is 37.7 Å². The topological polar surface area (TPSA) is 185 Å². The summed E-state index contributed by atoms with van der Waals surface area (Å²) in [5.74, 6) is -4.12. The molecule has 0 radical (unpaired) electrons. The Balaban J connectivity index is 1.43. The summed E-state index contributed by atoms with van der Waals surface area (Å²) in [6.45, 7) is 5.44. The van der Waals surface area contributed by atoms with Crippen LogP contribution in [-0.4, -0.2) is 78.1 Å². The number of pyridine rings is 1.